The van der Waals surface area contributed by atoms with Crippen LogP contribution in [0.1, 0.15) is 19.4 Å². The number of esters is 1. The molecule has 1 aliphatic heterocycles. The Morgan fingerprint density at radius 2 is 1.86 bits per heavy atom. The lowest BCUT2D eigenvalue weighted by Crippen LogP contribution is -2.54. The maximum atomic E-state index is 12.4. The molecule has 1 unspecified atom stereocenters. The molecular formula is C17H21N3O8. The van der Waals surface area contributed by atoms with Crippen LogP contribution in [0.4, 0.5) is 10.5 Å². The lowest BCUT2D eigenvalue weighted by Gasteiger charge is -2.27. The number of carbonyl (C=O) groups excluding carboxylic acids is 3. The summed E-state index contributed by atoms with van der Waals surface area (Å²) in [5.41, 5.74) is -3.39. The highest BCUT2D eigenvalue weighted by Crippen LogP contribution is 2.27. The Balaban J connectivity index is 2.08. The van der Waals surface area contributed by atoms with Crippen LogP contribution in [0.15, 0.2) is 24.3 Å². The molecular weight excluding hydrogens is 374 g/mol. The van der Waals surface area contributed by atoms with Crippen LogP contribution in [0, 0.1) is 10.1 Å². The van der Waals surface area contributed by atoms with Gasteiger partial charge in [0.1, 0.15) is 12.1 Å². The Kier molecular flexibility index (Phi) is 5.71. The first kappa shape index (κ1) is 21.3. The number of rotatable bonds is 7. The molecule has 0 saturated carbocycles. The number of benzene rings is 1. The zero-order chi connectivity index (χ0) is 21.3. The maximum Gasteiger partial charge on any atom is 0.342 e. The second-order valence-corrected chi connectivity index (χ2v) is 6.98. The van der Waals surface area contributed by atoms with Crippen LogP contribution in [0.5, 0.6) is 0 Å². The van der Waals surface area contributed by atoms with Gasteiger partial charge in [0.15, 0.2) is 0 Å². The number of aliphatic hydroxyl groups excluding tert-OH is 1. The molecule has 1 saturated heterocycles. The number of β-amino-alcohol motifs (C(OH)–C–C–N with tert-alkyl or cyclic N) is 1. The molecule has 0 aliphatic carbocycles. The summed E-state index contributed by atoms with van der Waals surface area (Å²) in [6.45, 7) is 0.851. The third-order valence-electron chi connectivity index (χ3n) is 4.70. The van der Waals surface area contributed by atoms with E-state index in [1.807, 2.05) is 0 Å². The van der Waals surface area contributed by atoms with Crippen molar-refractivity contribution in [1.29, 1.82) is 0 Å². The first-order valence-corrected chi connectivity index (χ1v) is 8.27. The largest absolute Gasteiger partial charge is 0.459 e. The van der Waals surface area contributed by atoms with Crippen molar-refractivity contribution in [2.75, 3.05) is 20.2 Å². The van der Waals surface area contributed by atoms with E-state index in [2.05, 4.69) is 0 Å². The van der Waals surface area contributed by atoms with Crippen LogP contribution >= 0.6 is 0 Å². The minimum atomic E-state index is -2.51. The second-order valence-electron chi connectivity index (χ2n) is 6.98. The normalized spacial score (nSPS) is 18.2. The van der Waals surface area contributed by atoms with E-state index in [4.69, 9.17) is 4.74 Å². The van der Waals surface area contributed by atoms with Crippen molar-refractivity contribution in [2.24, 2.45) is 0 Å². The van der Waals surface area contributed by atoms with Crippen LogP contribution in [0.2, 0.25) is 0 Å². The third-order valence-corrected chi connectivity index (χ3v) is 4.70. The Morgan fingerprint density at radius 1 is 1.29 bits per heavy atom. The molecule has 152 valence electrons. The molecule has 1 heterocycles. The van der Waals surface area contributed by atoms with Gasteiger partial charge in [-0.25, -0.2) is 9.59 Å². The van der Waals surface area contributed by atoms with Crippen molar-refractivity contribution in [3.8, 4) is 0 Å². The molecule has 0 aromatic heterocycles. The fourth-order valence-electron chi connectivity index (χ4n) is 2.56. The van der Waals surface area contributed by atoms with Crippen molar-refractivity contribution in [1.82, 2.24) is 9.80 Å². The van der Waals surface area contributed by atoms with Gasteiger partial charge in [0.05, 0.1) is 18.1 Å². The molecule has 11 nitrogen and oxygen atoms in total. The van der Waals surface area contributed by atoms with Gasteiger partial charge >= 0.3 is 12.0 Å². The minimum absolute atomic E-state index is 0.139. The van der Waals surface area contributed by atoms with E-state index in [1.165, 1.54) is 45.2 Å². The summed E-state index contributed by atoms with van der Waals surface area (Å²) in [5, 5.41) is 30.6. The highest BCUT2D eigenvalue weighted by atomic mass is 16.6. The molecule has 0 spiro atoms. The first-order chi connectivity index (χ1) is 12.9. The molecule has 2 N–H and O–H groups in total. The van der Waals surface area contributed by atoms with E-state index >= 15 is 0 Å². The van der Waals surface area contributed by atoms with Gasteiger partial charge in [-0.05, 0) is 31.5 Å². The summed E-state index contributed by atoms with van der Waals surface area (Å²) in [5.74, 6) is -1.86. The predicted octanol–water partition coefficient (Wildman–Crippen LogP) is 0.0340. The number of carbonyl (C=O) groups is 3. The van der Waals surface area contributed by atoms with Crippen molar-refractivity contribution in [3.63, 3.8) is 0 Å². The van der Waals surface area contributed by atoms with Gasteiger partial charge in [0.25, 0.3) is 11.6 Å². The number of amides is 3. The molecule has 0 bridgehead atoms. The fourth-order valence-corrected chi connectivity index (χ4v) is 2.56. The molecule has 28 heavy (non-hydrogen) atoms. The van der Waals surface area contributed by atoms with Gasteiger partial charge in [-0.15, -0.1) is 0 Å². The van der Waals surface area contributed by atoms with Crippen molar-refractivity contribution < 1.29 is 34.3 Å². The molecule has 2 rings (SSSR count). The van der Waals surface area contributed by atoms with Crippen LogP contribution < -0.4 is 0 Å². The van der Waals surface area contributed by atoms with E-state index in [9.17, 15) is 34.7 Å². The molecule has 11 heteroatoms. The number of hydrogen-bond donors (Lipinski definition) is 2. The van der Waals surface area contributed by atoms with Crippen LogP contribution in [0.25, 0.3) is 0 Å². The third kappa shape index (κ3) is 3.80. The number of likely N-dealkylation sites (N-methyl/N-ethyl adjacent to an activating group) is 1. The van der Waals surface area contributed by atoms with E-state index in [0.717, 1.165) is 4.90 Å². The second kappa shape index (κ2) is 7.52. The van der Waals surface area contributed by atoms with Gasteiger partial charge in [0.2, 0.25) is 5.60 Å². The average Bonchev–Trinajstić information content (AvgIpc) is 2.81. The summed E-state index contributed by atoms with van der Waals surface area (Å²) in [4.78, 5) is 48.8. The average molecular weight is 395 g/mol. The smallest absolute Gasteiger partial charge is 0.342 e. The highest BCUT2D eigenvalue weighted by Gasteiger charge is 2.53. The topological polar surface area (TPSA) is 151 Å². The van der Waals surface area contributed by atoms with Gasteiger partial charge in [0, 0.05) is 19.2 Å². The fraction of sp³-hybridized carbons (Fsp3) is 0.471. The van der Waals surface area contributed by atoms with Gasteiger partial charge < -0.3 is 19.8 Å². The number of nitro benzene ring substituents is 1. The maximum absolute atomic E-state index is 12.4. The van der Waals surface area contributed by atoms with Crippen LogP contribution in [-0.2, 0) is 20.9 Å². The zero-order valence-electron chi connectivity index (χ0n) is 15.6. The van der Waals surface area contributed by atoms with E-state index in [0.29, 0.717) is 10.5 Å². The molecule has 0 radical (unpaired) electrons. The number of urea groups is 1. The molecule has 1 fully saturated rings. The Hall–Kier alpha value is -3.05. The molecule has 1 atom stereocenters. The number of hydrogen-bond acceptors (Lipinski definition) is 8. The standard InChI is InChI=1S/C17H21N3O8/c1-16(2)13(22)19(15(24)18(16)3)9-17(25,10-21)14(23)28-8-11-4-6-12(7-5-11)20(26)27/h4-7,21,25H,8-10H2,1-3H3. The number of non-ortho nitro benzene ring substituents is 1. The van der Waals surface area contributed by atoms with Crippen LogP contribution in [-0.4, -0.2) is 74.2 Å². The highest BCUT2D eigenvalue weighted by molar-refractivity contribution is 6.06. The molecule has 1 aliphatic rings. The summed E-state index contributed by atoms with van der Waals surface area (Å²) < 4.78 is 4.96. The van der Waals surface area contributed by atoms with E-state index < -0.39 is 47.1 Å². The summed E-state index contributed by atoms with van der Waals surface area (Å²) in [6.07, 6.45) is 0. The van der Waals surface area contributed by atoms with Gasteiger partial charge in [-0.1, -0.05) is 0 Å². The summed E-state index contributed by atoms with van der Waals surface area (Å²) >= 11 is 0. The predicted molar refractivity (Wildman–Crippen MR) is 93.9 cm³/mol. The van der Waals surface area contributed by atoms with E-state index in [1.54, 1.807) is 0 Å². The van der Waals surface area contributed by atoms with Crippen molar-refractivity contribution in [2.45, 2.75) is 31.6 Å². The van der Waals surface area contributed by atoms with E-state index in [-0.39, 0.29) is 12.3 Å². The number of ether oxygens (including phenoxy) is 1. The first-order valence-electron chi connectivity index (χ1n) is 8.27. The lowest BCUT2D eigenvalue weighted by molar-refractivity contribution is -0.384. The zero-order valence-corrected chi connectivity index (χ0v) is 15.6. The summed E-state index contributed by atoms with van der Waals surface area (Å²) in [6, 6.07) is 4.47. The van der Waals surface area contributed by atoms with Crippen LogP contribution in [0.3, 0.4) is 0 Å². The Morgan fingerprint density at radius 3 is 2.29 bits per heavy atom. The number of aliphatic hydroxyl groups is 2. The van der Waals surface area contributed by atoms with Gasteiger partial charge in [-0.2, -0.15) is 0 Å². The molecule has 1 aromatic carbocycles. The minimum Gasteiger partial charge on any atom is -0.459 e. The lowest BCUT2D eigenvalue weighted by atomic mass is 10.0. The Bertz CT molecular complexity index is 807. The quantitative estimate of drug-likeness (QED) is 0.284. The SMILES string of the molecule is CN1C(=O)N(CC(O)(CO)C(=O)OCc2ccc([N+](=O)[O-])cc2)C(=O)C1(C)C. The number of nitro groups is 1. The monoisotopic (exact) mass is 395 g/mol. The van der Waals surface area contributed by atoms with Gasteiger partial charge in [-0.3, -0.25) is 19.8 Å². The summed E-state index contributed by atoms with van der Waals surface area (Å²) in [7, 11) is 1.41. The number of imide groups is 1. The Labute approximate surface area is 160 Å². The molecule has 3 amide bonds. The molecule has 1 aromatic rings. The van der Waals surface area contributed by atoms with Crippen molar-refractivity contribution in [3.05, 3.63) is 39.9 Å². The van der Waals surface area contributed by atoms with Crippen molar-refractivity contribution >= 4 is 23.6 Å². The number of nitrogens with zero attached hydrogens (tertiary/aromatic N) is 3.